The second kappa shape index (κ2) is 2.51. The van der Waals surface area contributed by atoms with Crippen molar-refractivity contribution in [1.29, 1.82) is 0 Å². The molecule has 1 rings (SSSR count). The van der Waals surface area contributed by atoms with Gasteiger partial charge in [-0.2, -0.15) is 0 Å². The minimum Gasteiger partial charge on any atom is -0.320 e. The quantitative estimate of drug-likeness (QED) is 0.611. The Kier molecular flexibility index (Phi) is 1.71. The van der Waals surface area contributed by atoms with Crippen LogP contribution in [0.25, 0.3) is 0 Å². The average molecular weight is 139 g/mol. The highest BCUT2D eigenvalue weighted by molar-refractivity contribution is 5.86. The van der Waals surface area contributed by atoms with Gasteiger partial charge in [-0.15, -0.1) is 0 Å². The van der Waals surface area contributed by atoms with E-state index < -0.39 is 0 Å². The Morgan fingerprint density at radius 3 is 2.90 bits per heavy atom. The number of aromatic nitrogens is 2. The van der Waals surface area contributed by atoms with Crippen molar-refractivity contribution >= 4 is 11.9 Å². The van der Waals surface area contributed by atoms with Crippen LogP contribution in [-0.4, -0.2) is 15.5 Å². The standard InChI is InChI=1S/C6H9N3O/c1-5(10)8-6-7-3-4-9(6)2/h3-4H,1-2H3,(H,7,8,10). The van der Waals surface area contributed by atoms with Crippen LogP contribution < -0.4 is 5.32 Å². The Hall–Kier alpha value is -1.32. The summed E-state index contributed by atoms with van der Waals surface area (Å²) in [6, 6.07) is 0. The van der Waals surface area contributed by atoms with Crippen molar-refractivity contribution in [3.05, 3.63) is 12.4 Å². The molecule has 54 valence electrons. The van der Waals surface area contributed by atoms with Crippen LogP contribution in [0.2, 0.25) is 0 Å². The van der Waals surface area contributed by atoms with E-state index in [9.17, 15) is 4.79 Å². The molecule has 1 N–H and O–H groups in total. The fraction of sp³-hybridized carbons (Fsp3) is 0.333. The van der Waals surface area contributed by atoms with Crippen molar-refractivity contribution < 1.29 is 4.79 Å². The van der Waals surface area contributed by atoms with Crippen LogP contribution in [0.1, 0.15) is 6.92 Å². The molecule has 0 fully saturated rings. The number of amides is 1. The van der Waals surface area contributed by atoms with E-state index in [-0.39, 0.29) is 5.91 Å². The van der Waals surface area contributed by atoms with Gasteiger partial charge < -0.3 is 4.57 Å². The molecule has 0 aliphatic heterocycles. The molecule has 0 bridgehead atoms. The van der Waals surface area contributed by atoms with E-state index in [0.717, 1.165) is 0 Å². The zero-order valence-electron chi connectivity index (χ0n) is 5.96. The molecule has 0 aliphatic rings. The first-order valence-electron chi connectivity index (χ1n) is 2.95. The van der Waals surface area contributed by atoms with Gasteiger partial charge >= 0.3 is 0 Å². The minimum atomic E-state index is -0.102. The van der Waals surface area contributed by atoms with E-state index in [0.29, 0.717) is 5.95 Å². The lowest BCUT2D eigenvalue weighted by Gasteiger charge is -1.99. The van der Waals surface area contributed by atoms with Crippen LogP contribution in [0.5, 0.6) is 0 Å². The number of imidazole rings is 1. The molecule has 0 aromatic carbocycles. The van der Waals surface area contributed by atoms with Crippen LogP contribution in [0.3, 0.4) is 0 Å². The van der Waals surface area contributed by atoms with E-state index in [4.69, 9.17) is 0 Å². The molecule has 0 aliphatic carbocycles. The summed E-state index contributed by atoms with van der Waals surface area (Å²) >= 11 is 0. The first-order chi connectivity index (χ1) is 4.70. The van der Waals surface area contributed by atoms with Crippen LogP contribution in [0.15, 0.2) is 12.4 Å². The molecule has 4 nitrogen and oxygen atoms in total. The number of aryl methyl sites for hydroxylation is 1. The van der Waals surface area contributed by atoms with Gasteiger partial charge in [0.25, 0.3) is 0 Å². The molecule has 0 saturated carbocycles. The Labute approximate surface area is 58.9 Å². The van der Waals surface area contributed by atoms with Gasteiger partial charge in [-0.1, -0.05) is 0 Å². The summed E-state index contributed by atoms with van der Waals surface area (Å²) in [4.78, 5) is 14.4. The smallest absolute Gasteiger partial charge is 0.223 e. The van der Waals surface area contributed by atoms with Crippen LogP contribution in [0.4, 0.5) is 5.95 Å². The van der Waals surface area contributed by atoms with Gasteiger partial charge in [0, 0.05) is 26.4 Å². The van der Waals surface area contributed by atoms with E-state index in [1.165, 1.54) is 6.92 Å². The average Bonchev–Trinajstić information content (AvgIpc) is 2.15. The molecule has 1 heterocycles. The number of carbonyl (C=O) groups is 1. The Morgan fingerprint density at radius 1 is 1.80 bits per heavy atom. The zero-order chi connectivity index (χ0) is 7.56. The third-order valence-corrected chi connectivity index (χ3v) is 1.11. The second-order valence-corrected chi connectivity index (χ2v) is 2.04. The van der Waals surface area contributed by atoms with Crippen LogP contribution in [-0.2, 0) is 11.8 Å². The highest BCUT2D eigenvalue weighted by Crippen LogP contribution is 1.98. The number of hydrogen-bond donors (Lipinski definition) is 1. The summed E-state index contributed by atoms with van der Waals surface area (Å²) in [6.45, 7) is 1.45. The molecule has 0 unspecified atom stereocenters. The highest BCUT2D eigenvalue weighted by Gasteiger charge is 1.97. The van der Waals surface area contributed by atoms with Gasteiger partial charge in [-0.05, 0) is 0 Å². The van der Waals surface area contributed by atoms with Gasteiger partial charge in [0.15, 0.2) is 0 Å². The summed E-state index contributed by atoms with van der Waals surface area (Å²) in [5.74, 6) is 0.474. The van der Waals surface area contributed by atoms with Gasteiger partial charge in [0.2, 0.25) is 11.9 Å². The fourth-order valence-corrected chi connectivity index (χ4v) is 0.644. The van der Waals surface area contributed by atoms with Crippen LogP contribution in [0, 0.1) is 0 Å². The van der Waals surface area contributed by atoms with Crippen molar-refractivity contribution in [3.8, 4) is 0 Å². The molecule has 0 saturated heterocycles. The Morgan fingerprint density at radius 2 is 2.50 bits per heavy atom. The fourth-order valence-electron chi connectivity index (χ4n) is 0.644. The number of nitrogens with zero attached hydrogens (tertiary/aromatic N) is 2. The lowest BCUT2D eigenvalue weighted by Crippen LogP contribution is -2.09. The summed E-state index contributed by atoms with van der Waals surface area (Å²) in [5, 5.41) is 2.57. The highest BCUT2D eigenvalue weighted by atomic mass is 16.1. The van der Waals surface area contributed by atoms with Crippen molar-refractivity contribution in [2.45, 2.75) is 6.92 Å². The van der Waals surface area contributed by atoms with Crippen LogP contribution >= 0.6 is 0 Å². The van der Waals surface area contributed by atoms with Crippen molar-refractivity contribution in [2.24, 2.45) is 7.05 Å². The predicted octanol–water partition coefficient (Wildman–Crippen LogP) is 0.378. The van der Waals surface area contributed by atoms with Gasteiger partial charge in [-0.25, -0.2) is 4.98 Å². The molecular weight excluding hydrogens is 130 g/mol. The molecule has 10 heavy (non-hydrogen) atoms. The molecular formula is C6H9N3O. The van der Waals surface area contributed by atoms with E-state index >= 15 is 0 Å². The number of anilines is 1. The van der Waals surface area contributed by atoms with Gasteiger partial charge in [0.05, 0.1) is 0 Å². The molecule has 0 atom stereocenters. The maximum Gasteiger partial charge on any atom is 0.223 e. The maximum atomic E-state index is 10.5. The zero-order valence-corrected chi connectivity index (χ0v) is 5.96. The minimum absolute atomic E-state index is 0.102. The second-order valence-electron chi connectivity index (χ2n) is 2.04. The first kappa shape index (κ1) is 6.80. The number of rotatable bonds is 1. The Balaban J connectivity index is 2.74. The largest absolute Gasteiger partial charge is 0.320 e. The number of nitrogens with one attached hydrogen (secondary N) is 1. The first-order valence-corrected chi connectivity index (χ1v) is 2.95. The molecule has 0 radical (unpaired) electrons. The molecule has 1 aromatic heterocycles. The summed E-state index contributed by atoms with van der Waals surface area (Å²) in [6.07, 6.45) is 3.40. The normalized spacial score (nSPS) is 9.40. The van der Waals surface area contributed by atoms with Gasteiger partial charge in [-0.3, -0.25) is 10.1 Å². The SMILES string of the molecule is CC(=O)Nc1nccn1C. The molecule has 1 aromatic rings. The lowest BCUT2D eigenvalue weighted by atomic mass is 10.7. The number of carbonyl (C=O) groups excluding carboxylic acids is 1. The summed E-state index contributed by atoms with van der Waals surface area (Å²) < 4.78 is 1.74. The van der Waals surface area contributed by atoms with Crippen molar-refractivity contribution in [2.75, 3.05) is 5.32 Å². The van der Waals surface area contributed by atoms with E-state index in [1.54, 1.807) is 17.0 Å². The third-order valence-electron chi connectivity index (χ3n) is 1.11. The monoisotopic (exact) mass is 139 g/mol. The lowest BCUT2D eigenvalue weighted by molar-refractivity contribution is -0.114. The summed E-state index contributed by atoms with van der Waals surface area (Å²) in [5.41, 5.74) is 0. The molecule has 4 heteroatoms. The number of hydrogen-bond acceptors (Lipinski definition) is 2. The van der Waals surface area contributed by atoms with Crippen molar-refractivity contribution in [3.63, 3.8) is 0 Å². The molecule has 0 spiro atoms. The predicted molar refractivity (Wildman–Crippen MR) is 37.5 cm³/mol. The van der Waals surface area contributed by atoms with E-state index in [2.05, 4.69) is 10.3 Å². The Bertz CT molecular complexity index is 241. The maximum absolute atomic E-state index is 10.5. The molecule has 1 amide bonds. The van der Waals surface area contributed by atoms with Gasteiger partial charge in [0.1, 0.15) is 0 Å². The summed E-state index contributed by atoms with van der Waals surface area (Å²) in [7, 11) is 1.82. The van der Waals surface area contributed by atoms with Crippen molar-refractivity contribution in [1.82, 2.24) is 9.55 Å². The third kappa shape index (κ3) is 1.34. The topological polar surface area (TPSA) is 46.9 Å². The van der Waals surface area contributed by atoms with E-state index in [1.807, 2.05) is 7.05 Å².